The van der Waals surface area contributed by atoms with Crippen LogP contribution in [-0.2, 0) is 25.7 Å². The van der Waals surface area contributed by atoms with E-state index < -0.39 is 0 Å². The molecule has 96 heavy (non-hydrogen) atoms. The molecule has 0 saturated heterocycles. The van der Waals surface area contributed by atoms with Gasteiger partial charge in [0, 0.05) is 80.7 Å². The molecule has 5 heteroatoms. The van der Waals surface area contributed by atoms with Crippen LogP contribution in [0.5, 0.6) is 5.75 Å². The maximum atomic E-state index is 6.13. The Morgan fingerprint density at radius 1 is 0.229 bits per heavy atom. The highest BCUT2D eigenvalue weighted by molar-refractivity contribution is 7.27. The van der Waals surface area contributed by atoms with Crippen LogP contribution in [0.1, 0.15) is 261 Å². The van der Waals surface area contributed by atoms with E-state index in [4.69, 9.17) is 4.74 Å². The van der Waals surface area contributed by atoms with Crippen LogP contribution in [0.15, 0.2) is 109 Å². The van der Waals surface area contributed by atoms with Gasteiger partial charge in [-0.05, 0) is 277 Å². The third-order valence-corrected chi connectivity index (χ3v) is 24.9. The standard InChI is InChI=1S/C30H44S.C24H32S.C23H30OS.C14H12S/c1-5-7-9-11-13-15-17-25-21-27-28-22-26(18-16-14-12-10-8-6-2)24(4)20-30(28)31-29(27)19-23(25)3;1-5-7-9-11-19-15-21-22-16-20(12-10-8-6-2)18(4)14-24(22)25-23(21)13-17(19)3;1-5-6-7-8-9-10-11-24-21-15-20-19-12-16(2)17(3)13-22(19)25-23(20)14-18(21)4;1-9-3-5-11-12-6-4-10(2)8-14(12)15-13(11)7-9/h19-22H,5-18H2,1-4H3;13-16H,5-12H2,1-4H3;12-15H,5-11H2,1-4H3;3-8H,1-2H3. The van der Waals surface area contributed by atoms with Gasteiger partial charge >= 0.3 is 0 Å². The minimum Gasteiger partial charge on any atom is -0.493 e. The molecule has 0 atom stereocenters. The van der Waals surface area contributed by atoms with Gasteiger partial charge in [0.05, 0.1) is 6.61 Å². The van der Waals surface area contributed by atoms with Gasteiger partial charge in [0.1, 0.15) is 5.75 Å². The molecule has 0 N–H and O–H groups in total. The molecule has 0 aliphatic carbocycles. The number of ether oxygens (including phenoxy) is 1. The zero-order valence-corrected chi connectivity index (χ0v) is 65.2. The Labute approximate surface area is 596 Å². The van der Waals surface area contributed by atoms with Gasteiger partial charge in [0.15, 0.2) is 0 Å². The normalized spacial score (nSPS) is 11.6. The summed E-state index contributed by atoms with van der Waals surface area (Å²) in [5.41, 5.74) is 18.8. The van der Waals surface area contributed by atoms with Gasteiger partial charge in [-0.1, -0.05) is 181 Å². The van der Waals surface area contributed by atoms with Gasteiger partial charge in [0.2, 0.25) is 0 Å². The second kappa shape index (κ2) is 37.6. The lowest BCUT2D eigenvalue weighted by molar-refractivity contribution is 0.303. The number of thiophene rings is 4. The van der Waals surface area contributed by atoms with E-state index in [1.54, 1.807) is 22.3 Å². The molecule has 8 aromatic carbocycles. The van der Waals surface area contributed by atoms with Crippen molar-refractivity contribution >= 4 is 126 Å². The SMILES string of the molecule is CCCCCCCCOc1cc2c(cc1C)sc1cc(C)c(C)cc12.CCCCCCCCc1cc2c(cc1C)sc1cc(C)c(CCCCCCCC)cc12.CCCCCc1cc2c(cc1C)sc1cc(C)c(CCCCC)cc12.Cc1ccc2c(c1)sc1cc(C)ccc12. The molecule has 1 nitrogen and oxygen atoms in total. The largest absolute Gasteiger partial charge is 0.493 e. The lowest BCUT2D eigenvalue weighted by Gasteiger charge is -2.10. The summed E-state index contributed by atoms with van der Waals surface area (Å²) in [5, 5.41) is 11.4. The van der Waals surface area contributed by atoms with Crippen LogP contribution >= 0.6 is 45.3 Å². The smallest absolute Gasteiger partial charge is 0.122 e. The molecule has 512 valence electrons. The number of benzene rings is 8. The summed E-state index contributed by atoms with van der Waals surface area (Å²) < 4.78 is 17.5. The first-order valence-electron chi connectivity index (χ1n) is 38.0. The summed E-state index contributed by atoms with van der Waals surface area (Å²) >= 11 is 7.73. The average Bonchev–Trinajstić information content (AvgIpc) is 1.66. The highest BCUT2D eigenvalue weighted by Crippen LogP contribution is 2.42. The number of aryl methyl sites for hydroxylation is 13. The first-order chi connectivity index (χ1) is 46.6. The minimum atomic E-state index is 0.832. The molecule has 0 bridgehead atoms. The Morgan fingerprint density at radius 3 is 0.854 bits per heavy atom. The summed E-state index contributed by atoms with van der Waals surface area (Å²) in [4.78, 5) is 0. The molecule has 12 rings (SSSR count). The molecule has 0 spiro atoms. The summed E-state index contributed by atoms with van der Waals surface area (Å²) in [5.74, 6) is 1.05. The number of hydrogen-bond donors (Lipinski definition) is 0. The van der Waals surface area contributed by atoms with Gasteiger partial charge in [-0.3, -0.25) is 0 Å². The third-order valence-electron chi connectivity index (χ3n) is 20.4. The van der Waals surface area contributed by atoms with Crippen molar-refractivity contribution in [2.45, 2.75) is 277 Å². The molecule has 12 aromatic rings. The molecule has 0 saturated carbocycles. The Morgan fingerprint density at radius 2 is 0.490 bits per heavy atom. The lowest BCUT2D eigenvalue weighted by Crippen LogP contribution is -1.98. The molecule has 0 aliphatic rings. The van der Waals surface area contributed by atoms with Crippen molar-refractivity contribution in [3.05, 3.63) is 182 Å². The zero-order chi connectivity index (χ0) is 68.1. The van der Waals surface area contributed by atoms with Crippen LogP contribution in [0.2, 0.25) is 0 Å². The van der Waals surface area contributed by atoms with Gasteiger partial charge in [-0.2, -0.15) is 0 Å². The maximum absolute atomic E-state index is 6.13. The zero-order valence-electron chi connectivity index (χ0n) is 61.9. The maximum Gasteiger partial charge on any atom is 0.122 e. The Bertz CT molecular complexity index is 4230. The molecular weight excluding hydrogens is 1240 g/mol. The average molecular weight is 1360 g/mol. The minimum absolute atomic E-state index is 0.832. The van der Waals surface area contributed by atoms with Crippen LogP contribution in [0, 0.1) is 62.3 Å². The van der Waals surface area contributed by atoms with Crippen molar-refractivity contribution in [2.75, 3.05) is 6.61 Å². The molecule has 0 unspecified atom stereocenters. The topological polar surface area (TPSA) is 9.23 Å². The van der Waals surface area contributed by atoms with Crippen molar-refractivity contribution < 1.29 is 4.74 Å². The van der Waals surface area contributed by atoms with Crippen molar-refractivity contribution in [3.63, 3.8) is 0 Å². The fourth-order valence-electron chi connectivity index (χ4n) is 14.1. The Balaban J connectivity index is 0.000000154. The number of hydrogen-bond acceptors (Lipinski definition) is 5. The fourth-order valence-corrected chi connectivity index (χ4v) is 19.2. The number of unbranched alkanes of at least 4 members (excludes halogenated alkanes) is 19. The second-order valence-corrected chi connectivity index (χ2v) is 33.0. The third kappa shape index (κ3) is 20.1. The molecule has 0 fully saturated rings. The van der Waals surface area contributed by atoms with E-state index in [1.165, 1.54) is 304 Å². The van der Waals surface area contributed by atoms with Crippen molar-refractivity contribution in [2.24, 2.45) is 0 Å². The molecule has 0 aliphatic heterocycles. The van der Waals surface area contributed by atoms with E-state index in [0.717, 1.165) is 18.8 Å². The number of rotatable bonds is 30. The van der Waals surface area contributed by atoms with E-state index in [2.05, 4.69) is 206 Å². The lowest BCUT2D eigenvalue weighted by atomic mass is 9.96. The van der Waals surface area contributed by atoms with E-state index in [9.17, 15) is 0 Å². The summed E-state index contributed by atoms with van der Waals surface area (Å²) in [6.07, 6.45) is 37.1. The van der Waals surface area contributed by atoms with Gasteiger partial charge in [0.25, 0.3) is 0 Å². The first kappa shape index (κ1) is 74.7. The monoisotopic (exact) mass is 1350 g/mol. The molecule has 0 radical (unpaired) electrons. The molecule has 0 amide bonds. The summed E-state index contributed by atoms with van der Waals surface area (Å²) in [7, 11) is 0. The molecular formula is C91H118OS4. The second-order valence-electron chi connectivity index (χ2n) is 28.6. The fraction of sp³-hybridized carbons (Fsp3) is 0.473. The van der Waals surface area contributed by atoms with E-state index in [1.807, 2.05) is 45.3 Å². The van der Waals surface area contributed by atoms with Crippen LogP contribution in [0.3, 0.4) is 0 Å². The summed E-state index contributed by atoms with van der Waals surface area (Å²) in [6.45, 7) is 32.3. The Kier molecular flexibility index (Phi) is 29.2. The highest BCUT2D eigenvalue weighted by Gasteiger charge is 2.16. The van der Waals surface area contributed by atoms with Gasteiger partial charge in [-0.15, -0.1) is 45.3 Å². The van der Waals surface area contributed by atoms with Gasteiger partial charge < -0.3 is 4.74 Å². The summed E-state index contributed by atoms with van der Waals surface area (Å²) in [6, 6.07) is 42.4. The van der Waals surface area contributed by atoms with Crippen LogP contribution in [0.25, 0.3) is 80.7 Å². The van der Waals surface area contributed by atoms with Crippen molar-refractivity contribution in [3.8, 4) is 5.75 Å². The predicted molar refractivity (Wildman–Crippen MR) is 439 cm³/mol. The number of fused-ring (bicyclic) bond motifs is 12. The van der Waals surface area contributed by atoms with Gasteiger partial charge in [-0.25, -0.2) is 0 Å². The Hall–Kier alpha value is -5.56. The first-order valence-corrected chi connectivity index (χ1v) is 41.2. The highest BCUT2D eigenvalue weighted by atomic mass is 32.1. The van der Waals surface area contributed by atoms with Crippen LogP contribution < -0.4 is 4.74 Å². The van der Waals surface area contributed by atoms with E-state index in [0.29, 0.717) is 0 Å². The quantitative estimate of drug-likeness (QED) is 0.0408. The van der Waals surface area contributed by atoms with Crippen LogP contribution in [0.4, 0.5) is 0 Å². The van der Waals surface area contributed by atoms with E-state index in [-0.39, 0.29) is 0 Å². The predicted octanol–water partition coefficient (Wildman–Crippen LogP) is 31.0. The molecule has 4 heterocycles. The van der Waals surface area contributed by atoms with Crippen LogP contribution in [-0.4, -0.2) is 6.61 Å². The van der Waals surface area contributed by atoms with E-state index >= 15 is 0 Å². The van der Waals surface area contributed by atoms with Crippen molar-refractivity contribution in [1.29, 1.82) is 0 Å². The molecule has 4 aromatic heterocycles. The van der Waals surface area contributed by atoms with Crippen molar-refractivity contribution in [1.82, 2.24) is 0 Å².